The van der Waals surface area contributed by atoms with E-state index in [1.807, 2.05) is 0 Å². The molecule has 0 bridgehead atoms. The van der Waals surface area contributed by atoms with Crippen LogP contribution in [0.3, 0.4) is 0 Å². The second kappa shape index (κ2) is 9.23. The summed E-state index contributed by atoms with van der Waals surface area (Å²) in [5.74, 6) is -1.47. The van der Waals surface area contributed by atoms with Crippen molar-refractivity contribution in [2.75, 3.05) is 19.8 Å². The zero-order chi connectivity index (χ0) is 14.0. The topological polar surface area (TPSA) is 131 Å². The smallest absolute Gasteiger partial charge is 0.315 e. The zero-order valence-electron chi connectivity index (χ0n) is 10.3. The van der Waals surface area contributed by atoms with E-state index in [9.17, 15) is 14.4 Å². The van der Waals surface area contributed by atoms with E-state index >= 15 is 0 Å². The number of hydrogen-bond donors (Lipinski definition) is 4. The Balaban J connectivity index is 3.52. The molecule has 1 unspecified atom stereocenters. The lowest BCUT2D eigenvalue weighted by atomic mass is 10.2. The Morgan fingerprint density at radius 2 is 2.06 bits per heavy atom. The number of carboxylic acids is 1. The average molecular weight is 261 g/mol. The minimum absolute atomic E-state index is 0.00314. The number of carboxylic acid groups (broad SMARTS) is 1. The number of urea groups is 1. The van der Waals surface area contributed by atoms with Gasteiger partial charge in [-0.15, -0.1) is 0 Å². The highest BCUT2D eigenvalue weighted by Gasteiger charge is 2.08. The zero-order valence-corrected chi connectivity index (χ0v) is 10.3. The first-order chi connectivity index (χ1) is 8.41. The third-order valence-corrected chi connectivity index (χ3v) is 1.94. The molecule has 1 atom stereocenters. The van der Waals surface area contributed by atoms with Crippen molar-refractivity contribution in [3.8, 4) is 0 Å². The predicted octanol–water partition coefficient (Wildman–Crippen LogP) is -0.959. The van der Waals surface area contributed by atoms with Crippen molar-refractivity contribution in [3.63, 3.8) is 0 Å². The van der Waals surface area contributed by atoms with Crippen LogP contribution in [0.2, 0.25) is 0 Å². The monoisotopic (exact) mass is 261 g/mol. The maximum absolute atomic E-state index is 11.3. The molecule has 8 heteroatoms. The lowest BCUT2D eigenvalue weighted by molar-refractivity contribution is -0.137. The van der Waals surface area contributed by atoms with Gasteiger partial charge < -0.3 is 26.2 Å². The molecule has 0 heterocycles. The first kappa shape index (κ1) is 16.2. The van der Waals surface area contributed by atoms with Crippen LogP contribution in [0, 0.1) is 0 Å². The highest BCUT2D eigenvalue weighted by molar-refractivity contribution is 5.75. The fourth-order valence-corrected chi connectivity index (χ4v) is 1.10. The Bertz CT molecular complexity index is 295. The maximum Gasteiger partial charge on any atom is 0.315 e. The lowest BCUT2D eigenvalue weighted by Crippen LogP contribution is -2.42. The van der Waals surface area contributed by atoms with E-state index < -0.39 is 17.9 Å². The Labute approximate surface area is 105 Å². The fraction of sp³-hybridized carbons (Fsp3) is 0.700. The van der Waals surface area contributed by atoms with Gasteiger partial charge in [-0.2, -0.15) is 0 Å². The second-order valence-corrected chi connectivity index (χ2v) is 3.75. The van der Waals surface area contributed by atoms with Crippen molar-refractivity contribution in [1.29, 1.82) is 0 Å². The normalized spacial score (nSPS) is 11.6. The summed E-state index contributed by atoms with van der Waals surface area (Å²) in [4.78, 5) is 31.9. The van der Waals surface area contributed by atoms with Crippen LogP contribution in [0.4, 0.5) is 4.79 Å². The summed E-state index contributed by atoms with van der Waals surface area (Å²) in [6.45, 7) is 1.95. The number of aliphatic carboxylic acids is 1. The van der Waals surface area contributed by atoms with Crippen LogP contribution in [-0.2, 0) is 14.3 Å². The van der Waals surface area contributed by atoms with Crippen LogP contribution in [0.5, 0.6) is 0 Å². The van der Waals surface area contributed by atoms with Gasteiger partial charge in [-0.1, -0.05) is 0 Å². The van der Waals surface area contributed by atoms with Crippen molar-refractivity contribution in [3.05, 3.63) is 0 Å². The summed E-state index contributed by atoms with van der Waals surface area (Å²) in [7, 11) is 0. The van der Waals surface area contributed by atoms with Gasteiger partial charge in [0.05, 0.1) is 6.61 Å². The molecule has 18 heavy (non-hydrogen) atoms. The first-order valence-electron chi connectivity index (χ1n) is 5.54. The third-order valence-electron chi connectivity index (χ3n) is 1.94. The first-order valence-corrected chi connectivity index (χ1v) is 5.54. The van der Waals surface area contributed by atoms with Crippen LogP contribution in [0.25, 0.3) is 0 Å². The predicted molar refractivity (Wildman–Crippen MR) is 62.9 cm³/mol. The SMILES string of the molecule is CC(CCC(=O)O)NC(=O)NCCOCC(N)=O. The van der Waals surface area contributed by atoms with Gasteiger partial charge >= 0.3 is 12.0 Å². The molecule has 0 spiro atoms. The molecule has 0 aromatic rings. The van der Waals surface area contributed by atoms with Gasteiger partial charge in [-0.25, -0.2) is 4.79 Å². The molecule has 0 aromatic carbocycles. The number of amides is 3. The molecule has 0 fully saturated rings. The van der Waals surface area contributed by atoms with E-state index in [2.05, 4.69) is 10.6 Å². The average Bonchev–Trinajstić information content (AvgIpc) is 2.25. The molecule has 3 amide bonds. The highest BCUT2D eigenvalue weighted by atomic mass is 16.5. The number of rotatable bonds is 9. The number of hydrogen-bond acceptors (Lipinski definition) is 4. The number of nitrogens with two attached hydrogens (primary N) is 1. The van der Waals surface area contributed by atoms with E-state index in [1.165, 1.54) is 0 Å². The Kier molecular flexibility index (Phi) is 8.29. The van der Waals surface area contributed by atoms with E-state index in [1.54, 1.807) is 6.92 Å². The van der Waals surface area contributed by atoms with Gasteiger partial charge in [-0.05, 0) is 13.3 Å². The summed E-state index contributed by atoms with van der Waals surface area (Å²) in [5, 5.41) is 13.5. The van der Waals surface area contributed by atoms with E-state index in [0.29, 0.717) is 6.42 Å². The molecule has 8 nitrogen and oxygen atoms in total. The van der Waals surface area contributed by atoms with Gasteiger partial charge in [-0.3, -0.25) is 9.59 Å². The third kappa shape index (κ3) is 10.7. The fourth-order valence-electron chi connectivity index (χ4n) is 1.10. The molecule has 0 rings (SSSR count). The summed E-state index contributed by atoms with van der Waals surface area (Å²) in [5.41, 5.74) is 4.85. The molecule has 104 valence electrons. The second-order valence-electron chi connectivity index (χ2n) is 3.75. The van der Waals surface area contributed by atoms with Gasteiger partial charge in [0.1, 0.15) is 6.61 Å². The van der Waals surface area contributed by atoms with Crippen molar-refractivity contribution in [2.45, 2.75) is 25.8 Å². The van der Waals surface area contributed by atoms with Crippen molar-refractivity contribution in [2.24, 2.45) is 5.73 Å². The van der Waals surface area contributed by atoms with Crippen LogP contribution in [0.15, 0.2) is 0 Å². The summed E-state index contributed by atoms with van der Waals surface area (Å²) in [6.07, 6.45) is 0.365. The molecule has 0 aliphatic carbocycles. The summed E-state index contributed by atoms with van der Waals surface area (Å²) < 4.78 is 4.83. The van der Waals surface area contributed by atoms with E-state index in [4.69, 9.17) is 15.6 Å². The number of ether oxygens (including phenoxy) is 1. The molecule has 0 aliphatic rings. The molecule has 0 saturated carbocycles. The van der Waals surface area contributed by atoms with Gasteiger partial charge in [0.25, 0.3) is 0 Å². The molecule has 5 N–H and O–H groups in total. The molecular weight excluding hydrogens is 242 g/mol. The van der Waals surface area contributed by atoms with Gasteiger partial charge in [0, 0.05) is 19.0 Å². The maximum atomic E-state index is 11.3. The quantitative estimate of drug-likeness (QED) is 0.397. The molecule has 0 aliphatic heterocycles. The van der Waals surface area contributed by atoms with Gasteiger partial charge in [0.15, 0.2) is 0 Å². The van der Waals surface area contributed by atoms with Crippen molar-refractivity contribution < 1.29 is 24.2 Å². The standard InChI is InChI=1S/C10H19N3O5/c1-7(2-3-9(15)16)13-10(17)12-4-5-18-6-8(11)14/h7H,2-6H2,1H3,(H2,11,14)(H,15,16)(H2,12,13,17). The van der Waals surface area contributed by atoms with Crippen LogP contribution in [-0.4, -0.2) is 48.8 Å². The number of nitrogens with one attached hydrogen (secondary N) is 2. The Morgan fingerprint density at radius 1 is 1.39 bits per heavy atom. The summed E-state index contributed by atoms with van der Waals surface area (Å²) >= 11 is 0. The minimum atomic E-state index is -0.899. The van der Waals surface area contributed by atoms with E-state index in [0.717, 1.165) is 0 Å². The van der Waals surface area contributed by atoms with Crippen molar-refractivity contribution >= 4 is 17.9 Å². The summed E-state index contributed by atoms with van der Waals surface area (Å²) in [6, 6.07) is -0.636. The molecule has 0 radical (unpaired) electrons. The number of carbonyl (C=O) groups is 3. The van der Waals surface area contributed by atoms with Crippen LogP contribution in [0.1, 0.15) is 19.8 Å². The highest BCUT2D eigenvalue weighted by Crippen LogP contribution is 1.95. The largest absolute Gasteiger partial charge is 0.481 e. The van der Waals surface area contributed by atoms with Crippen LogP contribution < -0.4 is 16.4 Å². The molecule has 0 saturated heterocycles. The Morgan fingerprint density at radius 3 is 2.61 bits per heavy atom. The van der Waals surface area contributed by atoms with Gasteiger partial charge in [0.2, 0.25) is 5.91 Å². The lowest BCUT2D eigenvalue weighted by Gasteiger charge is -2.13. The van der Waals surface area contributed by atoms with Crippen LogP contribution >= 0.6 is 0 Å². The molecular formula is C10H19N3O5. The number of primary amides is 1. The molecule has 0 aromatic heterocycles. The van der Waals surface area contributed by atoms with E-state index in [-0.39, 0.29) is 32.2 Å². The minimum Gasteiger partial charge on any atom is -0.481 e. The number of carbonyl (C=O) groups excluding carboxylic acids is 2. The Hall–Kier alpha value is -1.83. The van der Waals surface area contributed by atoms with Crippen molar-refractivity contribution in [1.82, 2.24) is 10.6 Å².